The van der Waals surface area contributed by atoms with Crippen molar-refractivity contribution in [3.8, 4) is 28.2 Å². The normalized spacial score (nSPS) is 18.2. The average Bonchev–Trinajstić information content (AvgIpc) is 4.09. The van der Waals surface area contributed by atoms with E-state index in [1.54, 1.807) is 44.9 Å². The lowest BCUT2D eigenvalue weighted by atomic mass is 10.1. The van der Waals surface area contributed by atoms with E-state index in [0.717, 1.165) is 59.2 Å². The van der Waals surface area contributed by atoms with Crippen molar-refractivity contribution >= 4 is 22.8 Å². The topological polar surface area (TPSA) is 169 Å². The highest BCUT2D eigenvalue weighted by atomic mass is 16.3. The first-order valence-electron chi connectivity index (χ1n) is 18.6. The number of amides is 2. The van der Waals surface area contributed by atoms with E-state index >= 15 is 0 Å². The predicted molar refractivity (Wildman–Crippen MR) is 204 cm³/mol. The van der Waals surface area contributed by atoms with Crippen LogP contribution in [0.25, 0.3) is 39.2 Å². The minimum atomic E-state index is -1.22. The lowest BCUT2D eigenvalue weighted by Gasteiger charge is -2.25. The van der Waals surface area contributed by atoms with Crippen molar-refractivity contribution in [3.63, 3.8) is 0 Å². The summed E-state index contributed by atoms with van der Waals surface area (Å²) in [6.45, 7) is 1.13. The molecule has 2 fully saturated rings. The third kappa shape index (κ3) is 6.57. The van der Waals surface area contributed by atoms with Gasteiger partial charge in [-0.2, -0.15) is 0 Å². The van der Waals surface area contributed by atoms with Crippen molar-refractivity contribution in [1.82, 2.24) is 44.7 Å². The number of hydrogen-bond donors (Lipinski definition) is 4. The molecule has 7 aromatic rings. The van der Waals surface area contributed by atoms with Crippen molar-refractivity contribution in [2.45, 2.75) is 50.0 Å². The molecule has 9 rings (SSSR count). The number of fused-ring (bicyclic) bond motifs is 1. The Labute approximate surface area is 316 Å². The standard InChI is InChI=1S/C42H39N9O4/c52-37(28-9-3-1-4-10-28)41(54)49-21-7-13-35(49)39-43-24-33(46-39)26-15-17-27(18-16-26)34-25-51(48-47-34)30-19-20-31-32(23-30)45-40(44-31)36-14-8-22-50(36)42(55)38(53)29-11-5-2-6-12-29/h1-6,9-12,15-20,23-25,35-38,52-53H,7-8,13-14,21-22H2,(H,43,46)(H,44,45)/t35-,36-,37+,38+/m0/s1. The zero-order valence-corrected chi connectivity index (χ0v) is 29.9. The molecular formula is C42H39N9O4. The molecular weight excluding hydrogens is 695 g/mol. The smallest absolute Gasteiger partial charge is 0.256 e. The van der Waals surface area contributed by atoms with Gasteiger partial charge in [0.25, 0.3) is 11.8 Å². The van der Waals surface area contributed by atoms with Crippen LogP contribution < -0.4 is 0 Å². The highest BCUT2D eigenvalue weighted by Crippen LogP contribution is 2.36. The second kappa shape index (κ2) is 14.4. The van der Waals surface area contributed by atoms with Gasteiger partial charge in [0.2, 0.25) is 0 Å². The molecule has 2 aliphatic heterocycles. The van der Waals surface area contributed by atoms with Gasteiger partial charge in [0.1, 0.15) is 17.3 Å². The van der Waals surface area contributed by atoms with E-state index in [0.29, 0.717) is 41.6 Å². The Kier molecular flexibility index (Phi) is 9.00. The van der Waals surface area contributed by atoms with Gasteiger partial charge in [-0.1, -0.05) is 90.1 Å². The Balaban J connectivity index is 0.879. The summed E-state index contributed by atoms with van der Waals surface area (Å²) >= 11 is 0. The van der Waals surface area contributed by atoms with Crippen LogP contribution >= 0.6 is 0 Å². The number of aromatic nitrogens is 7. The van der Waals surface area contributed by atoms with E-state index in [1.165, 1.54) is 0 Å². The molecule has 0 unspecified atom stereocenters. The molecule has 5 heterocycles. The summed E-state index contributed by atoms with van der Waals surface area (Å²) in [4.78, 5) is 46.3. The lowest BCUT2D eigenvalue weighted by molar-refractivity contribution is -0.142. The van der Waals surface area contributed by atoms with Crippen LogP contribution in [-0.2, 0) is 9.59 Å². The second-order valence-corrected chi connectivity index (χ2v) is 14.1. The number of H-pyrrole nitrogens is 2. The summed E-state index contributed by atoms with van der Waals surface area (Å²) in [6.07, 6.45) is 4.41. The fourth-order valence-electron chi connectivity index (χ4n) is 7.81. The molecule has 2 aliphatic rings. The van der Waals surface area contributed by atoms with Crippen LogP contribution in [-0.4, -0.2) is 79.8 Å². The molecule has 13 heteroatoms. The fourth-order valence-corrected chi connectivity index (χ4v) is 7.81. The summed E-state index contributed by atoms with van der Waals surface area (Å²) in [6, 6.07) is 31.3. The molecule has 13 nitrogen and oxygen atoms in total. The molecule has 0 radical (unpaired) electrons. The van der Waals surface area contributed by atoms with Crippen molar-refractivity contribution in [1.29, 1.82) is 0 Å². The Morgan fingerprint density at radius 3 is 1.95 bits per heavy atom. The summed E-state index contributed by atoms with van der Waals surface area (Å²) in [5.74, 6) is 0.753. The third-order valence-corrected chi connectivity index (χ3v) is 10.7. The second-order valence-electron chi connectivity index (χ2n) is 14.1. The number of carbonyl (C=O) groups is 2. The Morgan fingerprint density at radius 1 is 0.709 bits per heavy atom. The summed E-state index contributed by atoms with van der Waals surface area (Å²) < 4.78 is 1.72. The Hall–Kier alpha value is -6.44. The number of hydrogen-bond acceptors (Lipinski definition) is 8. The van der Waals surface area contributed by atoms with Gasteiger partial charge in [-0.15, -0.1) is 5.10 Å². The molecule has 3 aromatic heterocycles. The number of aliphatic hydroxyl groups is 2. The predicted octanol–water partition coefficient (Wildman–Crippen LogP) is 5.99. The van der Waals surface area contributed by atoms with E-state index in [2.05, 4.69) is 25.3 Å². The first-order chi connectivity index (χ1) is 26.9. The number of rotatable bonds is 9. The quantitative estimate of drug-likeness (QED) is 0.140. The Bertz CT molecular complexity index is 2460. The maximum atomic E-state index is 13.3. The zero-order valence-electron chi connectivity index (χ0n) is 29.9. The Morgan fingerprint density at radius 2 is 1.31 bits per heavy atom. The first kappa shape index (κ1) is 34.3. The zero-order chi connectivity index (χ0) is 37.5. The number of nitrogens with one attached hydrogen (secondary N) is 2. The number of aliphatic hydroxyl groups excluding tert-OH is 2. The van der Waals surface area contributed by atoms with Gasteiger partial charge in [-0.3, -0.25) is 9.59 Å². The van der Waals surface area contributed by atoms with Crippen LogP contribution in [0, 0.1) is 0 Å². The first-order valence-corrected chi connectivity index (χ1v) is 18.6. The van der Waals surface area contributed by atoms with Crippen molar-refractivity contribution in [2.75, 3.05) is 13.1 Å². The van der Waals surface area contributed by atoms with Crippen LogP contribution in [0.1, 0.15) is 72.8 Å². The molecule has 0 spiro atoms. The molecule has 2 saturated heterocycles. The number of carbonyl (C=O) groups excluding carboxylic acids is 2. The molecule has 276 valence electrons. The number of likely N-dealkylation sites (tertiary alicyclic amines) is 2. The van der Waals surface area contributed by atoms with Gasteiger partial charge >= 0.3 is 0 Å². The van der Waals surface area contributed by atoms with Crippen LogP contribution in [0.5, 0.6) is 0 Å². The maximum absolute atomic E-state index is 13.3. The van der Waals surface area contributed by atoms with E-state index < -0.39 is 12.2 Å². The van der Waals surface area contributed by atoms with Gasteiger partial charge < -0.3 is 30.0 Å². The van der Waals surface area contributed by atoms with Crippen LogP contribution in [0.2, 0.25) is 0 Å². The molecule has 4 N–H and O–H groups in total. The number of imidazole rings is 2. The maximum Gasteiger partial charge on any atom is 0.256 e. The van der Waals surface area contributed by atoms with Gasteiger partial charge in [0.15, 0.2) is 12.2 Å². The van der Waals surface area contributed by atoms with Gasteiger partial charge in [0.05, 0.1) is 46.9 Å². The fraction of sp³-hybridized carbons (Fsp3) is 0.238. The molecule has 0 bridgehead atoms. The minimum Gasteiger partial charge on any atom is -0.378 e. The van der Waals surface area contributed by atoms with Crippen LogP contribution in [0.4, 0.5) is 0 Å². The largest absolute Gasteiger partial charge is 0.378 e. The summed E-state index contributed by atoms with van der Waals surface area (Å²) in [5.41, 5.74) is 6.91. The highest BCUT2D eigenvalue weighted by molar-refractivity contribution is 5.84. The molecule has 4 atom stereocenters. The average molecular weight is 734 g/mol. The number of benzene rings is 4. The van der Waals surface area contributed by atoms with Crippen molar-refractivity contribution < 1.29 is 19.8 Å². The highest BCUT2D eigenvalue weighted by Gasteiger charge is 2.37. The molecule has 4 aromatic carbocycles. The van der Waals surface area contributed by atoms with E-state index in [-0.39, 0.29) is 23.9 Å². The number of nitrogens with zero attached hydrogens (tertiary/aromatic N) is 7. The van der Waals surface area contributed by atoms with Crippen LogP contribution in [0.15, 0.2) is 116 Å². The monoisotopic (exact) mass is 733 g/mol. The van der Waals surface area contributed by atoms with Gasteiger partial charge in [0, 0.05) is 18.7 Å². The van der Waals surface area contributed by atoms with Gasteiger partial charge in [-0.25, -0.2) is 14.6 Å². The summed E-state index contributed by atoms with van der Waals surface area (Å²) in [5, 5.41) is 30.4. The third-order valence-electron chi connectivity index (χ3n) is 10.7. The van der Waals surface area contributed by atoms with Gasteiger partial charge in [-0.05, 0) is 60.6 Å². The van der Waals surface area contributed by atoms with E-state index in [9.17, 15) is 19.8 Å². The molecule has 55 heavy (non-hydrogen) atoms. The number of aromatic amines is 2. The minimum absolute atomic E-state index is 0.234. The van der Waals surface area contributed by atoms with Crippen molar-refractivity contribution in [3.05, 3.63) is 138 Å². The SMILES string of the molecule is O=C([C@H](O)c1ccccc1)N1CCC[C@H]1c1ncc(-c2ccc(-c3cn(-c4ccc5nc([C@@H]6CCCN6C(=O)[C@H](O)c6ccccc6)[nH]c5c4)nn3)cc2)[nH]1. The van der Waals surface area contributed by atoms with Crippen molar-refractivity contribution in [2.24, 2.45) is 0 Å². The van der Waals surface area contributed by atoms with E-state index in [4.69, 9.17) is 4.98 Å². The van der Waals surface area contributed by atoms with Crippen LogP contribution in [0.3, 0.4) is 0 Å². The molecule has 2 amide bonds. The molecule has 0 aliphatic carbocycles. The molecule has 0 saturated carbocycles. The summed E-state index contributed by atoms with van der Waals surface area (Å²) in [7, 11) is 0. The van der Waals surface area contributed by atoms with E-state index in [1.807, 2.05) is 85.1 Å². The lowest BCUT2D eigenvalue weighted by Crippen LogP contribution is -2.35.